The molecule has 0 aromatic heterocycles. The summed E-state index contributed by atoms with van der Waals surface area (Å²) < 4.78 is 42.8. The molecule has 0 atom stereocenters. The molecule has 1 aromatic rings. The average molecular weight is 391 g/mol. The van der Waals surface area contributed by atoms with Crippen LogP contribution in [0.4, 0.5) is 13.2 Å². The zero-order chi connectivity index (χ0) is 16.0. The highest BCUT2D eigenvalue weighted by molar-refractivity contribution is 9.10. The molecule has 0 saturated carbocycles. The van der Waals surface area contributed by atoms with Gasteiger partial charge in [0.15, 0.2) is 6.61 Å². The van der Waals surface area contributed by atoms with Crippen LogP contribution in [0.1, 0.15) is 0 Å². The molecule has 1 aromatic carbocycles. The van der Waals surface area contributed by atoms with Crippen molar-refractivity contribution in [2.45, 2.75) is 6.18 Å². The number of alkyl halides is 3. The van der Waals surface area contributed by atoms with Crippen LogP contribution < -0.4 is 4.74 Å². The lowest BCUT2D eigenvalue weighted by Gasteiger charge is -2.23. The predicted molar refractivity (Wildman–Crippen MR) is 74.4 cm³/mol. The van der Waals surface area contributed by atoms with Crippen LogP contribution >= 0.6 is 27.5 Å². The van der Waals surface area contributed by atoms with Gasteiger partial charge in [-0.15, -0.1) is 0 Å². The summed E-state index contributed by atoms with van der Waals surface area (Å²) in [5.41, 5.74) is 0. The molecule has 0 saturated heterocycles. The zero-order valence-electron chi connectivity index (χ0n) is 10.7. The van der Waals surface area contributed by atoms with Gasteiger partial charge in [0.25, 0.3) is 5.91 Å². The molecule has 9 heteroatoms. The Balaban J connectivity index is 2.64. The van der Waals surface area contributed by atoms with Crippen LogP contribution in [0.5, 0.6) is 5.75 Å². The number of carbonyl (C=O) groups is 1. The summed E-state index contributed by atoms with van der Waals surface area (Å²) in [4.78, 5) is 12.2. The number of aliphatic hydroxyl groups excluding tert-OH is 1. The number of amides is 1. The van der Waals surface area contributed by atoms with Gasteiger partial charge in [-0.25, -0.2) is 0 Å². The maximum Gasteiger partial charge on any atom is 0.406 e. The molecule has 0 aliphatic rings. The number of hydrogen-bond donors (Lipinski definition) is 1. The molecule has 0 aliphatic carbocycles. The summed E-state index contributed by atoms with van der Waals surface area (Å²) in [6, 6.07) is 4.63. The largest absolute Gasteiger partial charge is 0.482 e. The Hall–Kier alpha value is -0.990. The van der Waals surface area contributed by atoms with E-state index in [0.29, 0.717) is 9.37 Å². The van der Waals surface area contributed by atoms with Crippen molar-refractivity contribution < 1.29 is 27.8 Å². The summed E-state index contributed by atoms with van der Waals surface area (Å²) in [5, 5.41) is 8.94. The van der Waals surface area contributed by atoms with E-state index in [9.17, 15) is 18.0 Å². The first-order valence-electron chi connectivity index (χ1n) is 5.76. The number of hydrogen-bond acceptors (Lipinski definition) is 3. The fourth-order valence-electron chi connectivity index (χ4n) is 1.45. The Kier molecular flexibility index (Phi) is 6.76. The zero-order valence-corrected chi connectivity index (χ0v) is 13.0. The Morgan fingerprint density at radius 2 is 2.10 bits per heavy atom. The highest BCUT2D eigenvalue weighted by Gasteiger charge is 2.32. The van der Waals surface area contributed by atoms with E-state index in [1.54, 1.807) is 6.07 Å². The number of carbonyl (C=O) groups excluding carboxylic acids is 1. The third-order valence-corrected chi connectivity index (χ3v) is 3.13. The van der Waals surface area contributed by atoms with E-state index in [2.05, 4.69) is 15.9 Å². The summed E-state index contributed by atoms with van der Waals surface area (Å²) in [6.07, 6.45) is -4.54. The number of aliphatic hydroxyl groups is 1. The topological polar surface area (TPSA) is 49.8 Å². The summed E-state index contributed by atoms with van der Waals surface area (Å²) >= 11 is 9.05. The van der Waals surface area contributed by atoms with Crippen molar-refractivity contribution in [2.24, 2.45) is 0 Å². The van der Waals surface area contributed by atoms with Crippen molar-refractivity contribution in [3.63, 3.8) is 0 Å². The molecule has 118 valence electrons. The fraction of sp³-hybridized carbons (Fsp3) is 0.417. The molecule has 1 rings (SSSR count). The third-order valence-electron chi connectivity index (χ3n) is 2.34. The maximum absolute atomic E-state index is 12.3. The molecule has 0 aliphatic heterocycles. The average Bonchev–Trinajstić information content (AvgIpc) is 2.35. The molecular weight excluding hydrogens is 378 g/mol. The minimum Gasteiger partial charge on any atom is -0.482 e. The normalized spacial score (nSPS) is 11.3. The summed E-state index contributed by atoms with van der Waals surface area (Å²) in [7, 11) is 0. The van der Waals surface area contributed by atoms with Gasteiger partial charge in [0.1, 0.15) is 12.3 Å². The Bertz CT molecular complexity index is 499. The molecular formula is C12H12BrClF3NO3. The second-order valence-electron chi connectivity index (χ2n) is 4.02. The van der Waals surface area contributed by atoms with Crippen LogP contribution in [0.3, 0.4) is 0 Å². The summed E-state index contributed by atoms with van der Waals surface area (Å²) in [6.45, 7) is -3.03. The Morgan fingerprint density at radius 1 is 1.43 bits per heavy atom. The molecule has 0 unspecified atom stereocenters. The van der Waals surface area contributed by atoms with Gasteiger partial charge >= 0.3 is 6.18 Å². The number of halogens is 5. The van der Waals surface area contributed by atoms with Crippen LogP contribution in [-0.2, 0) is 4.79 Å². The molecule has 0 fully saturated rings. The van der Waals surface area contributed by atoms with Crippen molar-refractivity contribution in [2.75, 3.05) is 26.3 Å². The standard InChI is InChI=1S/C12H12BrClF3NO3/c13-8-1-2-10(9(14)5-8)21-6-11(20)18(3-4-19)7-12(15,16)17/h1-2,5,19H,3-4,6-7H2. The monoisotopic (exact) mass is 389 g/mol. The van der Waals surface area contributed by atoms with Crippen molar-refractivity contribution in [3.8, 4) is 5.75 Å². The van der Waals surface area contributed by atoms with E-state index in [1.807, 2.05) is 0 Å². The smallest absolute Gasteiger partial charge is 0.406 e. The number of rotatable bonds is 6. The van der Waals surface area contributed by atoms with Gasteiger partial charge in [-0.05, 0) is 18.2 Å². The second-order valence-corrected chi connectivity index (χ2v) is 5.34. The molecule has 0 heterocycles. The van der Waals surface area contributed by atoms with Crippen molar-refractivity contribution in [1.82, 2.24) is 4.90 Å². The van der Waals surface area contributed by atoms with E-state index in [1.165, 1.54) is 12.1 Å². The lowest BCUT2D eigenvalue weighted by Crippen LogP contribution is -2.42. The SMILES string of the molecule is O=C(COc1ccc(Br)cc1Cl)N(CCO)CC(F)(F)F. The lowest BCUT2D eigenvalue weighted by molar-refractivity contribution is -0.163. The molecule has 0 radical (unpaired) electrons. The van der Waals surface area contributed by atoms with Gasteiger partial charge in [0.05, 0.1) is 11.6 Å². The van der Waals surface area contributed by atoms with Crippen molar-refractivity contribution in [1.29, 1.82) is 0 Å². The van der Waals surface area contributed by atoms with Gasteiger partial charge in [-0.2, -0.15) is 13.2 Å². The van der Waals surface area contributed by atoms with E-state index in [4.69, 9.17) is 21.4 Å². The van der Waals surface area contributed by atoms with E-state index < -0.39 is 38.4 Å². The molecule has 0 spiro atoms. The minimum atomic E-state index is -4.54. The van der Waals surface area contributed by atoms with Crippen LogP contribution in [0.25, 0.3) is 0 Å². The van der Waals surface area contributed by atoms with Gasteiger partial charge in [-0.1, -0.05) is 27.5 Å². The first-order valence-corrected chi connectivity index (χ1v) is 6.93. The minimum absolute atomic E-state index is 0.184. The van der Waals surface area contributed by atoms with Crippen LogP contribution in [0.15, 0.2) is 22.7 Å². The highest BCUT2D eigenvalue weighted by atomic mass is 79.9. The van der Waals surface area contributed by atoms with Crippen LogP contribution in [0.2, 0.25) is 5.02 Å². The first-order chi connectivity index (χ1) is 9.73. The van der Waals surface area contributed by atoms with Gasteiger partial charge in [-0.3, -0.25) is 4.79 Å². The van der Waals surface area contributed by atoms with Gasteiger partial charge in [0, 0.05) is 11.0 Å². The van der Waals surface area contributed by atoms with Crippen molar-refractivity contribution >= 4 is 33.4 Å². The molecule has 1 N–H and O–H groups in total. The van der Waals surface area contributed by atoms with Gasteiger partial charge < -0.3 is 14.7 Å². The number of nitrogens with zero attached hydrogens (tertiary/aromatic N) is 1. The maximum atomic E-state index is 12.3. The highest BCUT2D eigenvalue weighted by Crippen LogP contribution is 2.27. The van der Waals surface area contributed by atoms with E-state index >= 15 is 0 Å². The molecule has 1 amide bonds. The van der Waals surface area contributed by atoms with Gasteiger partial charge in [0.2, 0.25) is 0 Å². The third kappa shape index (κ3) is 6.54. The predicted octanol–water partition coefficient (Wildman–Crippen LogP) is 2.86. The van der Waals surface area contributed by atoms with Crippen LogP contribution in [0, 0.1) is 0 Å². The number of ether oxygens (including phenoxy) is 1. The van der Waals surface area contributed by atoms with Crippen LogP contribution in [-0.4, -0.2) is 48.4 Å². The Morgan fingerprint density at radius 3 is 2.62 bits per heavy atom. The Labute approximate surface area is 132 Å². The van der Waals surface area contributed by atoms with E-state index in [0.717, 1.165) is 0 Å². The second kappa shape index (κ2) is 7.86. The first kappa shape index (κ1) is 18.1. The quantitative estimate of drug-likeness (QED) is 0.813. The molecule has 21 heavy (non-hydrogen) atoms. The molecule has 0 bridgehead atoms. The van der Waals surface area contributed by atoms with E-state index in [-0.39, 0.29) is 10.8 Å². The fourth-order valence-corrected chi connectivity index (χ4v) is 2.18. The van der Waals surface area contributed by atoms with Crippen molar-refractivity contribution in [3.05, 3.63) is 27.7 Å². The lowest BCUT2D eigenvalue weighted by atomic mass is 10.3. The molecule has 4 nitrogen and oxygen atoms in total. The summed E-state index contributed by atoms with van der Waals surface area (Å²) in [5.74, 6) is -0.704. The number of benzene rings is 1.